The summed E-state index contributed by atoms with van der Waals surface area (Å²) in [7, 11) is 0. The minimum absolute atomic E-state index is 0.0176. The second kappa shape index (κ2) is 7.48. The predicted molar refractivity (Wildman–Crippen MR) is 100 cm³/mol. The third-order valence-corrected chi connectivity index (χ3v) is 6.44. The number of anilines is 1. The number of benzene rings is 1. The Morgan fingerprint density at radius 2 is 1.93 bits per heavy atom. The van der Waals surface area contributed by atoms with Gasteiger partial charge in [0.1, 0.15) is 0 Å². The molecule has 3 fully saturated rings. The quantitative estimate of drug-likeness (QED) is 0.587. The third kappa shape index (κ3) is 3.36. The smallest absolute Gasteiger partial charge is 0.306 e. The SMILES string of the molecule is O=C1CC(C(=O)N2CCCC3CCCCC32)CN1c1ccc(F)c([N+](=O)[O-])c1. The van der Waals surface area contributed by atoms with Crippen molar-refractivity contribution in [1.82, 2.24) is 4.90 Å². The van der Waals surface area contributed by atoms with Crippen molar-refractivity contribution < 1.29 is 18.9 Å². The highest BCUT2D eigenvalue weighted by molar-refractivity contribution is 6.00. The molecule has 2 heterocycles. The Hall–Kier alpha value is -2.51. The molecule has 2 amide bonds. The highest BCUT2D eigenvalue weighted by Gasteiger charge is 2.42. The molecule has 1 aromatic rings. The van der Waals surface area contributed by atoms with Crippen LogP contribution in [0.25, 0.3) is 0 Å². The molecule has 1 aliphatic carbocycles. The first kappa shape index (κ1) is 18.8. The molecular weight excluding hydrogens is 365 g/mol. The van der Waals surface area contributed by atoms with Crippen molar-refractivity contribution in [2.75, 3.05) is 18.0 Å². The molecule has 0 N–H and O–H groups in total. The number of amides is 2. The molecule has 2 aliphatic heterocycles. The highest BCUT2D eigenvalue weighted by atomic mass is 19.1. The van der Waals surface area contributed by atoms with E-state index in [9.17, 15) is 24.1 Å². The van der Waals surface area contributed by atoms with Crippen LogP contribution in [0.5, 0.6) is 0 Å². The lowest BCUT2D eigenvalue weighted by Crippen LogP contribution is -2.51. The Bertz CT molecular complexity index is 813. The van der Waals surface area contributed by atoms with Gasteiger partial charge in [0, 0.05) is 31.6 Å². The molecule has 7 nitrogen and oxygen atoms in total. The van der Waals surface area contributed by atoms with E-state index in [1.54, 1.807) is 0 Å². The first-order valence-electron chi connectivity index (χ1n) is 10.0. The average molecular weight is 389 g/mol. The van der Waals surface area contributed by atoms with Crippen molar-refractivity contribution >= 4 is 23.2 Å². The van der Waals surface area contributed by atoms with Crippen LogP contribution in [-0.4, -0.2) is 40.8 Å². The van der Waals surface area contributed by atoms with Gasteiger partial charge in [0.15, 0.2) is 0 Å². The molecule has 3 unspecified atom stereocenters. The van der Waals surface area contributed by atoms with E-state index in [1.807, 2.05) is 4.90 Å². The second-order valence-electron chi connectivity index (χ2n) is 8.08. The zero-order valence-corrected chi connectivity index (χ0v) is 15.7. The second-order valence-corrected chi connectivity index (χ2v) is 8.08. The minimum Gasteiger partial charge on any atom is -0.339 e. The van der Waals surface area contributed by atoms with E-state index in [0.29, 0.717) is 5.92 Å². The monoisotopic (exact) mass is 389 g/mol. The zero-order chi connectivity index (χ0) is 19.8. The number of fused-ring (bicyclic) bond motifs is 1. The van der Waals surface area contributed by atoms with Crippen molar-refractivity contribution in [1.29, 1.82) is 0 Å². The summed E-state index contributed by atoms with van der Waals surface area (Å²) in [6.45, 7) is 0.932. The molecule has 1 saturated carbocycles. The highest BCUT2D eigenvalue weighted by Crippen LogP contribution is 2.37. The van der Waals surface area contributed by atoms with Crippen LogP contribution in [-0.2, 0) is 9.59 Å². The summed E-state index contributed by atoms with van der Waals surface area (Å²) >= 11 is 0. The fourth-order valence-corrected chi connectivity index (χ4v) is 5.06. The summed E-state index contributed by atoms with van der Waals surface area (Å²) in [5, 5.41) is 11.0. The number of hydrogen-bond donors (Lipinski definition) is 0. The Labute approximate surface area is 162 Å². The van der Waals surface area contributed by atoms with E-state index < -0.39 is 22.3 Å². The number of hydrogen-bond acceptors (Lipinski definition) is 4. The summed E-state index contributed by atoms with van der Waals surface area (Å²) in [5.41, 5.74) is -0.399. The van der Waals surface area contributed by atoms with Crippen molar-refractivity contribution in [3.8, 4) is 0 Å². The lowest BCUT2D eigenvalue weighted by atomic mass is 9.78. The number of carbonyl (C=O) groups excluding carboxylic acids is 2. The van der Waals surface area contributed by atoms with E-state index in [2.05, 4.69) is 0 Å². The van der Waals surface area contributed by atoms with E-state index in [0.717, 1.165) is 37.9 Å². The fourth-order valence-electron chi connectivity index (χ4n) is 5.06. The number of likely N-dealkylation sites (tertiary alicyclic amines) is 1. The molecule has 1 aromatic carbocycles. The summed E-state index contributed by atoms with van der Waals surface area (Å²) in [6, 6.07) is 3.70. The molecule has 3 atom stereocenters. The first-order valence-corrected chi connectivity index (χ1v) is 10.0. The molecule has 2 saturated heterocycles. The summed E-state index contributed by atoms with van der Waals surface area (Å²) in [5.74, 6) is -1.05. The van der Waals surface area contributed by atoms with Gasteiger partial charge < -0.3 is 9.80 Å². The number of piperidine rings is 1. The van der Waals surface area contributed by atoms with Gasteiger partial charge in [0.05, 0.1) is 16.5 Å². The van der Waals surface area contributed by atoms with Gasteiger partial charge in [-0.1, -0.05) is 12.8 Å². The van der Waals surface area contributed by atoms with Crippen molar-refractivity contribution in [3.05, 3.63) is 34.1 Å². The van der Waals surface area contributed by atoms with Crippen molar-refractivity contribution in [2.45, 2.75) is 51.0 Å². The van der Waals surface area contributed by atoms with Crippen molar-refractivity contribution in [2.24, 2.45) is 11.8 Å². The van der Waals surface area contributed by atoms with Crippen molar-refractivity contribution in [3.63, 3.8) is 0 Å². The Morgan fingerprint density at radius 1 is 1.18 bits per heavy atom. The minimum atomic E-state index is -0.940. The third-order valence-electron chi connectivity index (χ3n) is 6.44. The summed E-state index contributed by atoms with van der Waals surface area (Å²) < 4.78 is 13.6. The van der Waals surface area contributed by atoms with Crippen LogP contribution < -0.4 is 4.90 Å². The molecule has 4 rings (SSSR count). The van der Waals surface area contributed by atoms with Crippen LogP contribution in [0.3, 0.4) is 0 Å². The number of halogens is 1. The van der Waals surface area contributed by atoms with Crippen LogP contribution in [0, 0.1) is 27.8 Å². The van der Waals surface area contributed by atoms with E-state index in [4.69, 9.17) is 0 Å². The normalized spacial score (nSPS) is 27.6. The van der Waals surface area contributed by atoms with Gasteiger partial charge >= 0.3 is 5.69 Å². The van der Waals surface area contributed by atoms with Gasteiger partial charge in [-0.25, -0.2) is 0 Å². The number of rotatable bonds is 3. The number of nitro groups is 1. The molecule has 0 radical (unpaired) electrons. The Morgan fingerprint density at radius 3 is 2.71 bits per heavy atom. The molecule has 0 aromatic heterocycles. The lowest BCUT2D eigenvalue weighted by Gasteiger charge is -2.45. The van der Waals surface area contributed by atoms with E-state index >= 15 is 0 Å². The van der Waals surface area contributed by atoms with Gasteiger partial charge in [0.2, 0.25) is 17.6 Å². The topological polar surface area (TPSA) is 83.8 Å². The van der Waals surface area contributed by atoms with Crippen LogP contribution in [0.2, 0.25) is 0 Å². The van der Waals surface area contributed by atoms with Gasteiger partial charge in [-0.3, -0.25) is 19.7 Å². The largest absolute Gasteiger partial charge is 0.339 e. The molecule has 28 heavy (non-hydrogen) atoms. The zero-order valence-electron chi connectivity index (χ0n) is 15.7. The standard InChI is InChI=1S/C20H24FN3O4/c21-16-8-7-15(11-18(16)24(27)28)23-12-14(10-19(23)25)20(26)22-9-3-5-13-4-1-2-6-17(13)22/h7-8,11,13-14,17H,1-6,9-10,12H2. The van der Waals surface area contributed by atoms with Crippen LogP contribution in [0.4, 0.5) is 15.8 Å². The number of nitrogens with zero attached hydrogens (tertiary/aromatic N) is 3. The first-order chi connectivity index (χ1) is 13.5. The molecule has 8 heteroatoms. The summed E-state index contributed by atoms with van der Waals surface area (Å²) in [6.07, 6.45) is 6.83. The number of nitro benzene ring substituents is 1. The maximum atomic E-state index is 13.6. The van der Waals surface area contributed by atoms with Gasteiger partial charge in [-0.2, -0.15) is 4.39 Å². The maximum absolute atomic E-state index is 13.6. The van der Waals surface area contributed by atoms with E-state index in [1.165, 1.54) is 30.2 Å². The van der Waals surface area contributed by atoms with Gasteiger partial charge in [-0.15, -0.1) is 0 Å². The predicted octanol–water partition coefficient (Wildman–Crippen LogP) is 3.27. The van der Waals surface area contributed by atoms with Crippen LogP contribution in [0.15, 0.2) is 18.2 Å². The Kier molecular flexibility index (Phi) is 5.03. The lowest BCUT2D eigenvalue weighted by molar-refractivity contribution is -0.387. The summed E-state index contributed by atoms with van der Waals surface area (Å²) in [4.78, 5) is 39.2. The van der Waals surface area contributed by atoms with Crippen LogP contribution in [0.1, 0.15) is 44.9 Å². The van der Waals surface area contributed by atoms with Gasteiger partial charge in [-0.05, 0) is 43.7 Å². The molecule has 0 spiro atoms. The van der Waals surface area contributed by atoms with Gasteiger partial charge in [0.25, 0.3) is 0 Å². The fraction of sp³-hybridized carbons (Fsp3) is 0.600. The Balaban J connectivity index is 1.51. The maximum Gasteiger partial charge on any atom is 0.306 e. The van der Waals surface area contributed by atoms with Crippen LogP contribution >= 0.6 is 0 Å². The molecular formula is C20H24FN3O4. The molecule has 150 valence electrons. The molecule has 3 aliphatic rings. The average Bonchev–Trinajstić information content (AvgIpc) is 3.09. The van der Waals surface area contributed by atoms with E-state index in [-0.39, 0.29) is 36.5 Å². The molecule has 0 bridgehead atoms. The number of carbonyl (C=O) groups is 2.